The van der Waals surface area contributed by atoms with Crippen LogP contribution in [0.15, 0.2) is 24.3 Å². The van der Waals surface area contributed by atoms with Crippen molar-refractivity contribution in [3.63, 3.8) is 0 Å². The molecule has 1 fully saturated rings. The van der Waals surface area contributed by atoms with Gasteiger partial charge in [0.15, 0.2) is 0 Å². The van der Waals surface area contributed by atoms with Crippen LogP contribution in [-0.4, -0.2) is 18.8 Å². The second-order valence-electron chi connectivity index (χ2n) is 5.96. The molecule has 0 amide bonds. The van der Waals surface area contributed by atoms with Gasteiger partial charge in [0.25, 0.3) is 0 Å². The fourth-order valence-corrected chi connectivity index (χ4v) is 2.87. The molecule has 0 aliphatic heterocycles. The van der Waals surface area contributed by atoms with E-state index in [4.69, 9.17) is 4.74 Å². The van der Waals surface area contributed by atoms with Crippen molar-refractivity contribution in [2.24, 2.45) is 5.41 Å². The van der Waals surface area contributed by atoms with Gasteiger partial charge in [0.1, 0.15) is 5.82 Å². The van der Waals surface area contributed by atoms with Crippen LogP contribution in [0.3, 0.4) is 0 Å². The number of hydrogen-bond acceptors (Lipinski definition) is 2. The largest absolute Gasteiger partial charge is 0.378 e. The molecule has 0 heterocycles. The summed E-state index contributed by atoms with van der Waals surface area (Å²) in [5.41, 5.74) is 0.841. The zero-order chi connectivity index (χ0) is 14.0. The fourth-order valence-electron chi connectivity index (χ4n) is 2.87. The van der Waals surface area contributed by atoms with Gasteiger partial charge in [0, 0.05) is 29.7 Å². The number of hydrogen-bond donors (Lipinski definition) is 1. The van der Waals surface area contributed by atoms with Crippen LogP contribution >= 0.6 is 0 Å². The van der Waals surface area contributed by atoms with Crippen molar-refractivity contribution in [2.45, 2.75) is 52.3 Å². The number of ether oxygens (including phenoxy) is 1. The average Bonchev–Trinajstić information content (AvgIpc) is 2.38. The Balaban J connectivity index is 1.98. The molecule has 0 spiro atoms. The summed E-state index contributed by atoms with van der Waals surface area (Å²) in [6.45, 7) is 9.22. The van der Waals surface area contributed by atoms with Crippen molar-refractivity contribution in [3.8, 4) is 0 Å². The van der Waals surface area contributed by atoms with Gasteiger partial charge in [-0.25, -0.2) is 4.39 Å². The van der Waals surface area contributed by atoms with Crippen molar-refractivity contribution in [3.05, 3.63) is 35.6 Å². The maximum atomic E-state index is 13.7. The molecular weight excluding hydrogens is 241 g/mol. The van der Waals surface area contributed by atoms with Gasteiger partial charge in [0.05, 0.1) is 6.10 Å². The minimum atomic E-state index is -0.138. The van der Waals surface area contributed by atoms with Gasteiger partial charge >= 0.3 is 0 Å². The third-order valence-electron chi connectivity index (χ3n) is 4.37. The Kier molecular flexibility index (Phi) is 4.26. The standard InChI is InChI=1S/C16H24FNO/c1-5-19-15-10-14(16(15,3)4)18-11(2)12-8-6-7-9-13(12)17/h6-9,11,14-15,18H,5,10H2,1-4H3/t11-,14?,15?/m1/s1. The molecule has 2 unspecified atom stereocenters. The predicted octanol–water partition coefficient (Wildman–Crippen LogP) is 3.68. The molecule has 2 nitrogen and oxygen atoms in total. The van der Waals surface area contributed by atoms with Gasteiger partial charge < -0.3 is 10.1 Å². The number of benzene rings is 1. The highest BCUT2D eigenvalue weighted by molar-refractivity contribution is 5.21. The van der Waals surface area contributed by atoms with Crippen molar-refractivity contribution in [1.82, 2.24) is 5.32 Å². The normalized spacial score (nSPS) is 26.8. The van der Waals surface area contributed by atoms with Gasteiger partial charge in [0.2, 0.25) is 0 Å². The third-order valence-corrected chi connectivity index (χ3v) is 4.37. The van der Waals surface area contributed by atoms with E-state index in [0.717, 1.165) is 18.6 Å². The molecule has 2 rings (SSSR count). The number of rotatable bonds is 5. The zero-order valence-corrected chi connectivity index (χ0v) is 12.2. The van der Waals surface area contributed by atoms with Crippen LogP contribution in [0.4, 0.5) is 4.39 Å². The summed E-state index contributed by atoms with van der Waals surface area (Å²) in [5, 5.41) is 3.53. The smallest absolute Gasteiger partial charge is 0.127 e. The first-order valence-corrected chi connectivity index (χ1v) is 7.09. The van der Waals surface area contributed by atoms with E-state index in [2.05, 4.69) is 19.2 Å². The van der Waals surface area contributed by atoms with Crippen LogP contribution in [0.5, 0.6) is 0 Å². The van der Waals surface area contributed by atoms with E-state index in [9.17, 15) is 4.39 Å². The Bertz CT molecular complexity index is 433. The molecule has 1 aromatic carbocycles. The van der Waals surface area contributed by atoms with Crippen molar-refractivity contribution < 1.29 is 9.13 Å². The lowest BCUT2D eigenvalue weighted by Gasteiger charge is -2.52. The predicted molar refractivity (Wildman–Crippen MR) is 75.6 cm³/mol. The Morgan fingerprint density at radius 2 is 2.11 bits per heavy atom. The summed E-state index contributed by atoms with van der Waals surface area (Å²) in [7, 11) is 0. The first-order valence-electron chi connectivity index (χ1n) is 7.09. The molecule has 0 saturated heterocycles. The van der Waals surface area contributed by atoms with E-state index in [1.54, 1.807) is 6.07 Å². The molecule has 0 radical (unpaired) electrons. The fraction of sp³-hybridized carbons (Fsp3) is 0.625. The summed E-state index contributed by atoms with van der Waals surface area (Å²) >= 11 is 0. The van der Waals surface area contributed by atoms with Gasteiger partial charge in [-0.1, -0.05) is 32.0 Å². The van der Waals surface area contributed by atoms with Crippen LogP contribution in [0.2, 0.25) is 0 Å². The Morgan fingerprint density at radius 1 is 1.42 bits per heavy atom. The highest BCUT2D eigenvalue weighted by atomic mass is 19.1. The lowest BCUT2D eigenvalue weighted by molar-refractivity contribution is -0.116. The Hall–Kier alpha value is -0.930. The van der Waals surface area contributed by atoms with E-state index in [-0.39, 0.29) is 17.3 Å². The van der Waals surface area contributed by atoms with Crippen molar-refractivity contribution in [1.29, 1.82) is 0 Å². The molecule has 3 atom stereocenters. The molecule has 1 aliphatic carbocycles. The van der Waals surface area contributed by atoms with Crippen LogP contribution in [0.25, 0.3) is 0 Å². The SMILES string of the molecule is CCOC1CC(N[C@H](C)c2ccccc2F)C1(C)C. The van der Waals surface area contributed by atoms with Crippen LogP contribution in [0, 0.1) is 11.2 Å². The van der Waals surface area contributed by atoms with Crippen LogP contribution in [0.1, 0.15) is 45.7 Å². The maximum Gasteiger partial charge on any atom is 0.127 e. The second kappa shape index (κ2) is 5.59. The van der Waals surface area contributed by atoms with Gasteiger partial charge in [-0.15, -0.1) is 0 Å². The van der Waals surface area contributed by atoms with Crippen LogP contribution in [-0.2, 0) is 4.74 Å². The molecular formula is C16H24FNO. The molecule has 3 heteroatoms. The number of halogens is 1. The van der Waals surface area contributed by atoms with E-state index in [1.165, 1.54) is 6.07 Å². The molecule has 106 valence electrons. The Morgan fingerprint density at radius 3 is 2.68 bits per heavy atom. The average molecular weight is 265 g/mol. The summed E-state index contributed by atoms with van der Waals surface area (Å²) < 4.78 is 19.5. The van der Waals surface area contributed by atoms with Gasteiger partial charge in [-0.3, -0.25) is 0 Å². The molecule has 0 aromatic heterocycles. The minimum Gasteiger partial charge on any atom is -0.378 e. The van der Waals surface area contributed by atoms with E-state index >= 15 is 0 Å². The van der Waals surface area contributed by atoms with Crippen LogP contribution < -0.4 is 5.32 Å². The molecule has 1 saturated carbocycles. The van der Waals surface area contributed by atoms with E-state index in [0.29, 0.717) is 12.1 Å². The Labute approximate surface area is 115 Å². The lowest BCUT2D eigenvalue weighted by Crippen LogP contribution is -2.61. The zero-order valence-electron chi connectivity index (χ0n) is 12.2. The highest BCUT2D eigenvalue weighted by Crippen LogP contribution is 2.43. The number of nitrogens with one attached hydrogen (secondary N) is 1. The summed E-state index contributed by atoms with van der Waals surface area (Å²) in [6, 6.07) is 7.36. The van der Waals surface area contributed by atoms with Gasteiger partial charge in [-0.2, -0.15) is 0 Å². The third kappa shape index (κ3) is 2.82. The molecule has 1 aliphatic rings. The minimum absolute atomic E-state index is 0.0213. The second-order valence-corrected chi connectivity index (χ2v) is 5.96. The highest BCUT2D eigenvalue weighted by Gasteiger charge is 2.49. The monoisotopic (exact) mass is 265 g/mol. The first kappa shape index (κ1) is 14.5. The summed E-state index contributed by atoms with van der Waals surface area (Å²) in [6.07, 6.45) is 1.31. The quantitative estimate of drug-likeness (QED) is 0.877. The first-order chi connectivity index (χ1) is 8.96. The van der Waals surface area contributed by atoms with E-state index in [1.807, 2.05) is 26.0 Å². The van der Waals surface area contributed by atoms with Crippen molar-refractivity contribution in [2.75, 3.05) is 6.61 Å². The maximum absolute atomic E-state index is 13.7. The molecule has 1 aromatic rings. The molecule has 19 heavy (non-hydrogen) atoms. The molecule has 1 N–H and O–H groups in total. The van der Waals surface area contributed by atoms with Crippen molar-refractivity contribution >= 4 is 0 Å². The summed E-state index contributed by atoms with van der Waals surface area (Å²) in [5.74, 6) is -0.138. The van der Waals surface area contributed by atoms with E-state index < -0.39 is 0 Å². The molecule has 0 bridgehead atoms. The van der Waals surface area contributed by atoms with Gasteiger partial charge in [-0.05, 0) is 26.3 Å². The topological polar surface area (TPSA) is 21.3 Å². The lowest BCUT2D eigenvalue weighted by atomic mass is 9.64. The summed E-state index contributed by atoms with van der Waals surface area (Å²) in [4.78, 5) is 0.